The van der Waals surface area contributed by atoms with E-state index in [1.165, 1.54) is 59.1 Å². The summed E-state index contributed by atoms with van der Waals surface area (Å²) in [5.41, 5.74) is 6.44. The van der Waals surface area contributed by atoms with Crippen LogP contribution in [0.15, 0.2) is 85.6 Å². The fraction of sp³-hybridized carbons (Fsp3) is 0.161. The molecule has 11 nitrogen and oxygen atoms in total. The van der Waals surface area contributed by atoms with Crippen molar-refractivity contribution in [2.45, 2.75) is 25.2 Å². The number of halogens is 7. The Morgan fingerprint density at radius 3 is 2.45 bits per heavy atom. The van der Waals surface area contributed by atoms with Gasteiger partial charge in [-0.05, 0) is 48.0 Å². The molecule has 0 saturated heterocycles. The molecular weight excluding hydrogens is 680 g/mol. The van der Waals surface area contributed by atoms with Gasteiger partial charge in [-0.3, -0.25) is 14.3 Å². The van der Waals surface area contributed by atoms with Crippen LogP contribution < -0.4 is 15.3 Å². The van der Waals surface area contributed by atoms with E-state index in [-0.39, 0.29) is 23.4 Å². The second-order valence-corrected chi connectivity index (χ2v) is 11.0. The van der Waals surface area contributed by atoms with Gasteiger partial charge >= 0.3 is 12.7 Å². The van der Waals surface area contributed by atoms with Gasteiger partial charge in [0.1, 0.15) is 19.0 Å². The standard InChI is InChI=1S/C31H22ClF6N9O2/c1-49-47-15-18(23-11-20(32)4-7-25(23)46-16-28(41-43-46)31(36,37)38)3-6-26(47)27(12-21-8-9-44(42-21)30(34)35)45-14-19(13-40-45)17-2-5-22(29(39)48)24(33)10-17/h2-11,13-16,27,30H,12H2,1H3,(H-,39,48)/p+1/t27-/m1/s1. The van der Waals surface area contributed by atoms with Crippen LogP contribution >= 0.6 is 11.6 Å². The first-order chi connectivity index (χ1) is 23.3. The van der Waals surface area contributed by atoms with Crippen LogP contribution in [0.2, 0.25) is 5.02 Å². The zero-order chi connectivity index (χ0) is 35.0. The van der Waals surface area contributed by atoms with Gasteiger partial charge in [-0.15, -0.1) is 5.10 Å². The number of amides is 1. The molecule has 0 aliphatic rings. The number of carbonyl (C=O) groups excluding carboxylic acids is 1. The number of pyridine rings is 1. The molecule has 0 spiro atoms. The van der Waals surface area contributed by atoms with E-state index in [9.17, 15) is 31.1 Å². The number of alkyl halides is 5. The number of nitrogens with zero attached hydrogens (tertiary/aromatic N) is 8. The summed E-state index contributed by atoms with van der Waals surface area (Å²) in [5, 5.41) is 15.6. The molecule has 252 valence electrons. The van der Waals surface area contributed by atoms with Gasteiger partial charge in [0.05, 0.1) is 34.9 Å². The van der Waals surface area contributed by atoms with E-state index < -0.39 is 36.2 Å². The number of primary amides is 1. The van der Waals surface area contributed by atoms with Crippen LogP contribution in [0.25, 0.3) is 27.9 Å². The Kier molecular flexibility index (Phi) is 8.85. The maximum absolute atomic E-state index is 14.6. The lowest BCUT2D eigenvalue weighted by Crippen LogP contribution is -2.46. The summed E-state index contributed by atoms with van der Waals surface area (Å²) in [6, 6.07) is 12.4. The van der Waals surface area contributed by atoms with Gasteiger partial charge in [0.2, 0.25) is 6.20 Å². The van der Waals surface area contributed by atoms with E-state index in [0.29, 0.717) is 37.7 Å². The molecule has 18 heteroatoms. The lowest BCUT2D eigenvalue weighted by molar-refractivity contribution is -0.891. The summed E-state index contributed by atoms with van der Waals surface area (Å²) in [5.74, 6) is -1.74. The van der Waals surface area contributed by atoms with Crippen molar-refractivity contribution in [3.05, 3.63) is 119 Å². The van der Waals surface area contributed by atoms with E-state index in [1.807, 2.05) is 0 Å². The smallest absolute Gasteiger partial charge is 0.366 e. The molecule has 2 N–H and O–H groups in total. The van der Waals surface area contributed by atoms with Gasteiger partial charge in [-0.2, -0.15) is 32.1 Å². The number of hydrogen-bond acceptors (Lipinski definition) is 6. The number of aromatic nitrogens is 8. The third kappa shape index (κ3) is 6.83. The van der Waals surface area contributed by atoms with Crippen molar-refractivity contribution in [3.63, 3.8) is 0 Å². The van der Waals surface area contributed by atoms with Crippen LogP contribution in [0.4, 0.5) is 26.3 Å². The normalized spacial score (nSPS) is 12.4. The zero-order valence-corrected chi connectivity index (χ0v) is 25.8. The molecule has 4 aromatic heterocycles. The summed E-state index contributed by atoms with van der Waals surface area (Å²) < 4.78 is 85.5. The molecule has 2 aromatic carbocycles. The lowest BCUT2D eigenvalue weighted by atomic mass is 10.0. The van der Waals surface area contributed by atoms with Crippen molar-refractivity contribution in [2.75, 3.05) is 7.11 Å². The fourth-order valence-corrected chi connectivity index (χ4v) is 5.37. The second kappa shape index (κ2) is 13.1. The van der Waals surface area contributed by atoms with Crippen molar-refractivity contribution in [1.82, 2.24) is 34.6 Å². The Labute approximate surface area is 277 Å². The van der Waals surface area contributed by atoms with Crippen LogP contribution in [0.1, 0.15) is 40.0 Å². The van der Waals surface area contributed by atoms with Gasteiger partial charge in [0.15, 0.2) is 5.69 Å². The molecule has 0 aliphatic carbocycles. The quantitative estimate of drug-likeness (QED) is 0.149. The summed E-state index contributed by atoms with van der Waals surface area (Å²) in [6.45, 7) is -2.87. The highest BCUT2D eigenvalue weighted by molar-refractivity contribution is 6.31. The molecule has 0 fully saturated rings. The minimum absolute atomic E-state index is 0.0418. The van der Waals surface area contributed by atoms with Crippen LogP contribution in [0, 0.1) is 5.82 Å². The topological polar surface area (TPSA) is 123 Å². The van der Waals surface area contributed by atoms with Gasteiger partial charge in [0, 0.05) is 45.8 Å². The van der Waals surface area contributed by atoms with Crippen LogP contribution in [0.5, 0.6) is 0 Å². The molecule has 1 amide bonds. The average Bonchev–Trinajstić information content (AvgIpc) is 3.84. The predicted octanol–water partition coefficient (Wildman–Crippen LogP) is 5.48. The lowest BCUT2D eigenvalue weighted by Gasteiger charge is -2.15. The van der Waals surface area contributed by atoms with Gasteiger partial charge in [-0.1, -0.05) is 22.9 Å². The van der Waals surface area contributed by atoms with Crippen molar-refractivity contribution >= 4 is 17.5 Å². The summed E-state index contributed by atoms with van der Waals surface area (Å²) in [4.78, 5) is 17.2. The van der Waals surface area contributed by atoms with Crippen LogP contribution in [-0.2, 0) is 12.6 Å². The number of hydrogen-bond donors (Lipinski definition) is 1. The monoisotopic (exact) mass is 702 g/mol. The SMILES string of the molecule is CO[n+]1cc(-c2cc(Cl)ccc2-n2cc(C(F)(F)F)nn2)ccc1[C@@H](Cc1ccn(C(F)F)n1)n1cc(-c2ccc(C(N)=O)c(F)c2)cn1. The van der Waals surface area contributed by atoms with E-state index in [1.54, 1.807) is 24.5 Å². The molecule has 49 heavy (non-hydrogen) atoms. The number of carbonyl (C=O) groups is 1. The highest BCUT2D eigenvalue weighted by Gasteiger charge is 2.35. The first-order valence-corrected chi connectivity index (χ1v) is 14.6. The van der Waals surface area contributed by atoms with E-state index in [4.69, 9.17) is 22.2 Å². The predicted molar refractivity (Wildman–Crippen MR) is 161 cm³/mol. The number of benzene rings is 2. The second-order valence-electron chi connectivity index (χ2n) is 10.6. The maximum Gasteiger partial charge on any atom is 0.436 e. The highest BCUT2D eigenvalue weighted by Crippen LogP contribution is 2.33. The van der Waals surface area contributed by atoms with Crippen molar-refractivity contribution < 1.29 is 40.7 Å². The third-order valence-corrected chi connectivity index (χ3v) is 7.77. The molecule has 1 atom stereocenters. The minimum Gasteiger partial charge on any atom is -0.366 e. The van der Waals surface area contributed by atoms with Gasteiger partial charge in [0.25, 0.3) is 11.6 Å². The maximum atomic E-state index is 14.6. The molecular formula is C31H23ClF6N9O2+. The first-order valence-electron chi connectivity index (χ1n) is 14.2. The van der Waals surface area contributed by atoms with Crippen molar-refractivity contribution in [1.29, 1.82) is 0 Å². The molecule has 4 heterocycles. The first kappa shape index (κ1) is 33.2. The summed E-state index contributed by atoms with van der Waals surface area (Å²) in [7, 11) is 1.37. The van der Waals surface area contributed by atoms with Gasteiger partial charge < -0.3 is 5.73 Å². The Morgan fingerprint density at radius 2 is 1.80 bits per heavy atom. The largest absolute Gasteiger partial charge is 0.436 e. The number of rotatable bonds is 10. The summed E-state index contributed by atoms with van der Waals surface area (Å²) >= 11 is 6.28. The van der Waals surface area contributed by atoms with Gasteiger partial charge in [-0.25, -0.2) is 13.8 Å². The van der Waals surface area contributed by atoms with Crippen molar-refractivity contribution in [2.24, 2.45) is 5.73 Å². The van der Waals surface area contributed by atoms with Crippen LogP contribution in [0.3, 0.4) is 0 Å². The van der Waals surface area contributed by atoms with Crippen molar-refractivity contribution in [3.8, 4) is 27.9 Å². The molecule has 0 saturated carbocycles. The number of nitrogens with two attached hydrogens (primary N) is 1. The van der Waals surface area contributed by atoms with E-state index >= 15 is 0 Å². The minimum atomic E-state index is -4.71. The average molecular weight is 703 g/mol. The molecule has 0 radical (unpaired) electrons. The zero-order valence-electron chi connectivity index (χ0n) is 25.1. The van der Waals surface area contributed by atoms with Crippen LogP contribution in [-0.4, -0.2) is 47.6 Å². The Hall–Kier alpha value is -5.71. The summed E-state index contributed by atoms with van der Waals surface area (Å²) in [6.07, 6.45) is 1.83. The van der Waals surface area contributed by atoms with E-state index in [2.05, 4.69) is 20.5 Å². The Morgan fingerprint density at radius 1 is 1.02 bits per heavy atom. The molecule has 6 rings (SSSR count). The Balaban J connectivity index is 1.43. The molecule has 0 unspecified atom stereocenters. The third-order valence-electron chi connectivity index (χ3n) is 7.54. The molecule has 0 aliphatic heterocycles. The highest BCUT2D eigenvalue weighted by atomic mass is 35.5. The molecule has 6 aromatic rings. The fourth-order valence-electron chi connectivity index (χ4n) is 5.20. The van der Waals surface area contributed by atoms with E-state index in [0.717, 1.165) is 23.1 Å². The molecule has 0 bridgehead atoms. The Bertz CT molecular complexity index is 2160.